The maximum atomic E-state index is 12.7. The monoisotopic (exact) mass is 344 g/mol. The zero-order chi connectivity index (χ0) is 14.8. The predicted molar refractivity (Wildman–Crippen MR) is 89.2 cm³/mol. The largest absolute Gasteiger partial charge is 0.364 e. The summed E-state index contributed by atoms with van der Waals surface area (Å²) >= 11 is 5.91. The molecule has 0 unspecified atom stereocenters. The van der Waals surface area contributed by atoms with Crippen LogP contribution in [0.2, 0.25) is 5.02 Å². The smallest absolute Gasteiger partial charge is 0.252 e. The first-order valence-electron chi connectivity index (χ1n) is 7.58. The number of halogens is 2. The lowest BCUT2D eigenvalue weighted by atomic mass is 10.1. The number of rotatable bonds is 5. The Morgan fingerprint density at radius 3 is 2.45 bits per heavy atom. The highest BCUT2D eigenvalue weighted by Crippen LogP contribution is 2.31. The van der Waals surface area contributed by atoms with Crippen LogP contribution in [0.25, 0.3) is 0 Å². The van der Waals surface area contributed by atoms with Gasteiger partial charge in [0.25, 0.3) is 5.91 Å². The van der Waals surface area contributed by atoms with Crippen molar-refractivity contribution in [1.29, 1.82) is 0 Å². The molecule has 1 amide bonds. The van der Waals surface area contributed by atoms with E-state index in [4.69, 9.17) is 22.1 Å². The molecular formula is C16H22Cl2N2O2. The van der Waals surface area contributed by atoms with Crippen LogP contribution < -0.4 is 5.73 Å². The van der Waals surface area contributed by atoms with Crippen LogP contribution in [0.5, 0.6) is 0 Å². The van der Waals surface area contributed by atoms with Gasteiger partial charge in [-0.1, -0.05) is 23.7 Å². The SMILES string of the molecule is Cl.NC[C@H]1CC[C@@H](C(=O)N(Cc2ccc(Cl)cc2)C2CC2)O1. The van der Waals surface area contributed by atoms with Crippen LogP contribution in [0.1, 0.15) is 31.2 Å². The maximum absolute atomic E-state index is 12.7. The van der Waals surface area contributed by atoms with Gasteiger partial charge in [0.1, 0.15) is 6.10 Å². The van der Waals surface area contributed by atoms with Gasteiger partial charge < -0.3 is 15.4 Å². The Kier molecular flexibility index (Phi) is 6.09. The number of nitrogens with two attached hydrogens (primary N) is 1. The normalized spacial score (nSPS) is 23.9. The molecular weight excluding hydrogens is 323 g/mol. The molecule has 4 nitrogen and oxygen atoms in total. The lowest BCUT2D eigenvalue weighted by Crippen LogP contribution is -2.40. The van der Waals surface area contributed by atoms with E-state index in [0.29, 0.717) is 24.2 Å². The zero-order valence-electron chi connectivity index (χ0n) is 12.4. The lowest BCUT2D eigenvalue weighted by Gasteiger charge is -2.25. The summed E-state index contributed by atoms with van der Waals surface area (Å²) in [5, 5.41) is 0.716. The molecule has 2 aliphatic rings. The van der Waals surface area contributed by atoms with Gasteiger partial charge in [0, 0.05) is 24.2 Å². The molecule has 122 valence electrons. The summed E-state index contributed by atoms with van der Waals surface area (Å²) in [7, 11) is 0. The average Bonchev–Trinajstić information content (AvgIpc) is 3.22. The molecule has 0 spiro atoms. The number of carbonyl (C=O) groups is 1. The molecule has 1 aliphatic carbocycles. The summed E-state index contributed by atoms with van der Waals surface area (Å²) in [5.74, 6) is 0.114. The third kappa shape index (κ3) is 4.13. The fourth-order valence-corrected chi connectivity index (χ4v) is 2.93. The van der Waals surface area contributed by atoms with E-state index in [1.54, 1.807) is 0 Å². The summed E-state index contributed by atoms with van der Waals surface area (Å²) in [6.07, 6.45) is 3.57. The first-order valence-corrected chi connectivity index (χ1v) is 7.95. The molecule has 3 rings (SSSR count). The molecule has 1 aliphatic heterocycles. The van der Waals surface area contributed by atoms with Crippen LogP contribution in [0.15, 0.2) is 24.3 Å². The second-order valence-corrected chi connectivity index (χ2v) is 6.32. The Labute approximate surface area is 142 Å². The number of carbonyl (C=O) groups excluding carboxylic acids is 1. The number of benzene rings is 1. The third-order valence-corrected chi connectivity index (χ3v) is 4.43. The van der Waals surface area contributed by atoms with Crippen molar-refractivity contribution in [1.82, 2.24) is 4.90 Å². The molecule has 1 heterocycles. The van der Waals surface area contributed by atoms with E-state index in [1.807, 2.05) is 29.2 Å². The number of amides is 1. The number of ether oxygens (including phenoxy) is 1. The molecule has 1 aromatic carbocycles. The minimum atomic E-state index is -0.313. The van der Waals surface area contributed by atoms with Crippen LogP contribution in [-0.4, -0.2) is 35.6 Å². The quantitative estimate of drug-likeness (QED) is 0.893. The fraction of sp³-hybridized carbons (Fsp3) is 0.562. The van der Waals surface area contributed by atoms with Gasteiger partial charge in [0.2, 0.25) is 0 Å². The van der Waals surface area contributed by atoms with E-state index >= 15 is 0 Å². The van der Waals surface area contributed by atoms with Gasteiger partial charge >= 0.3 is 0 Å². The molecule has 0 bridgehead atoms. The van der Waals surface area contributed by atoms with Gasteiger partial charge in [-0.05, 0) is 43.4 Å². The van der Waals surface area contributed by atoms with Gasteiger partial charge in [0.15, 0.2) is 0 Å². The third-order valence-electron chi connectivity index (χ3n) is 4.18. The zero-order valence-corrected chi connectivity index (χ0v) is 14.0. The van der Waals surface area contributed by atoms with Crippen molar-refractivity contribution in [2.75, 3.05) is 6.54 Å². The Bertz CT molecular complexity index is 505. The number of hydrogen-bond acceptors (Lipinski definition) is 3. The van der Waals surface area contributed by atoms with E-state index < -0.39 is 0 Å². The summed E-state index contributed by atoms with van der Waals surface area (Å²) in [5.41, 5.74) is 6.72. The number of hydrogen-bond donors (Lipinski definition) is 1. The molecule has 2 N–H and O–H groups in total. The molecule has 6 heteroatoms. The second-order valence-electron chi connectivity index (χ2n) is 5.88. The first-order chi connectivity index (χ1) is 10.2. The van der Waals surface area contributed by atoms with Gasteiger partial charge in [-0.25, -0.2) is 0 Å². The van der Waals surface area contributed by atoms with E-state index in [0.717, 1.165) is 31.2 Å². The summed E-state index contributed by atoms with van der Waals surface area (Å²) in [4.78, 5) is 14.7. The molecule has 22 heavy (non-hydrogen) atoms. The van der Waals surface area contributed by atoms with Crippen molar-refractivity contribution < 1.29 is 9.53 Å². The van der Waals surface area contributed by atoms with Crippen molar-refractivity contribution in [3.8, 4) is 0 Å². The van der Waals surface area contributed by atoms with Crippen LogP contribution in [-0.2, 0) is 16.1 Å². The van der Waals surface area contributed by atoms with Crippen LogP contribution in [0.3, 0.4) is 0 Å². The Hall–Kier alpha value is -0.810. The second kappa shape index (κ2) is 7.64. The Morgan fingerprint density at radius 1 is 1.23 bits per heavy atom. The van der Waals surface area contributed by atoms with Gasteiger partial charge in [-0.2, -0.15) is 0 Å². The molecule has 2 fully saturated rings. The highest BCUT2D eigenvalue weighted by Gasteiger charge is 2.39. The molecule has 0 radical (unpaired) electrons. The van der Waals surface area contributed by atoms with Crippen molar-refractivity contribution in [3.63, 3.8) is 0 Å². The Morgan fingerprint density at radius 2 is 1.91 bits per heavy atom. The summed E-state index contributed by atoms with van der Waals surface area (Å²) in [6, 6.07) is 8.05. The van der Waals surface area contributed by atoms with Crippen molar-refractivity contribution in [2.24, 2.45) is 5.73 Å². The van der Waals surface area contributed by atoms with Crippen molar-refractivity contribution in [3.05, 3.63) is 34.9 Å². The lowest BCUT2D eigenvalue weighted by molar-refractivity contribution is -0.144. The van der Waals surface area contributed by atoms with Crippen molar-refractivity contribution in [2.45, 2.75) is 50.5 Å². The van der Waals surface area contributed by atoms with Crippen LogP contribution >= 0.6 is 24.0 Å². The van der Waals surface area contributed by atoms with E-state index in [9.17, 15) is 4.79 Å². The summed E-state index contributed by atoms with van der Waals surface area (Å²) < 4.78 is 5.75. The van der Waals surface area contributed by atoms with Gasteiger partial charge in [-0.15, -0.1) is 12.4 Å². The summed E-state index contributed by atoms with van der Waals surface area (Å²) in [6.45, 7) is 1.12. The number of nitrogens with zero attached hydrogens (tertiary/aromatic N) is 1. The van der Waals surface area contributed by atoms with E-state index in [-0.39, 0.29) is 30.5 Å². The Balaban J connectivity index is 0.00000176. The minimum absolute atomic E-state index is 0. The average molecular weight is 345 g/mol. The van der Waals surface area contributed by atoms with E-state index in [2.05, 4.69) is 0 Å². The maximum Gasteiger partial charge on any atom is 0.252 e. The highest BCUT2D eigenvalue weighted by atomic mass is 35.5. The highest BCUT2D eigenvalue weighted by molar-refractivity contribution is 6.30. The topological polar surface area (TPSA) is 55.6 Å². The molecule has 2 atom stereocenters. The standard InChI is InChI=1S/C16H21ClN2O2.ClH/c17-12-3-1-11(2-4-12)10-19(13-5-6-13)16(20)15-8-7-14(9-18)21-15;/h1-4,13-15H,5-10,18H2;1H/t14-,15+;/m1./s1. The van der Waals surface area contributed by atoms with Gasteiger partial charge in [0.05, 0.1) is 6.10 Å². The fourth-order valence-electron chi connectivity index (χ4n) is 2.81. The molecule has 0 aromatic heterocycles. The minimum Gasteiger partial charge on any atom is -0.364 e. The first kappa shape index (κ1) is 17.5. The molecule has 1 saturated carbocycles. The predicted octanol–water partition coefficient (Wildman–Crippen LogP) is 2.76. The van der Waals surface area contributed by atoms with Crippen LogP contribution in [0, 0.1) is 0 Å². The van der Waals surface area contributed by atoms with Crippen LogP contribution in [0.4, 0.5) is 0 Å². The van der Waals surface area contributed by atoms with Gasteiger partial charge in [-0.3, -0.25) is 4.79 Å². The van der Waals surface area contributed by atoms with Crippen molar-refractivity contribution >= 4 is 29.9 Å². The van der Waals surface area contributed by atoms with E-state index in [1.165, 1.54) is 0 Å². The molecule has 1 saturated heterocycles. The molecule has 1 aromatic rings.